The molecule has 0 saturated carbocycles. The average molecular weight is 416 g/mol. The molecule has 0 saturated heterocycles. The molecular weight excluding hydrogens is 396 g/mol. The number of benzene rings is 1. The van der Waals surface area contributed by atoms with Gasteiger partial charge in [0.25, 0.3) is 5.91 Å². The molecule has 11 nitrogen and oxygen atoms in total. The van der Waals surface area contributed by atoms with Gasteiger partial charge in [0.15, 0.2) is 6.61 Å². The van der Waals surface area contributed by atoms with Crippen molar-refractivity contribution < 1.29 is 33.4 Å². The minimum absolute atomic E-state index is 0.0391. The number of amides is 1. The van der Waals surface area contributed by atoms with Crippen LogP contribution in [0.2, 0.25) is 0 Å². The third-order valence-electron chi connectivity index (χ3n) is 3.68. The first-order chi connectivity index (χ1) is 14.3. The number of nitrogens with one attached hydrogen (secondary N) is 1. The summed E-state index contributed by atoms with van der Waals surface area (Å²) in [5, 5.41) is 2.45. The number of nitrogens with zero attached hydrogens (tertiary/aromatic N) is 3. The Bertz CT molecular complexity index is 899. The van der Waals surface area contributed by atoms with E-state index in [2.05, 4.69) is 24.8 Å². The van der Waals surface area contributed by atoms with Gasteiger partial charge < -0.3 is 24.4 Å². The Hall–Kier alpha value is -4.02. The Morgan fingerprint density at radius 2 is 1.53 bits per heavy atom. The zero-order valence-electron chi connectivity index (χ0n) is 16.6. The normalized spacial score (nSPS) is 9.97. The van der Waals surface area contributed by atoms with Crippen molar-refractivity contribution in [2.24, 2.45) is 0 Å². The highest BCUT2D eigenvalue weighted by atomic mass is 16.5. The summed E-state index contributed by atoms with van der Waals surface area (Å²) in [6.45, 7) is -0.736. The third-order valence-corrected chi connectivity index (χ3v) is 3.68. The van der Waals surface area contributed by atoms with Crippen molar-refractivity contribution in [3.05, 3.63) is 47.8 Å². The smallest absolute Gasteiger partial charge is 0.337 e. The van der Waals surface area contributed by atoms with Gasteiger partial charge in [-0.3, -0.25) is 9.59 Å². The van der Waals surface area contributed by atoms with Crippen molar-refractivity contribution in [2.45, 2.75) is 0 Å². The van der Waals surface area contributed by atoms with Gasteiger partial charge in [-0.1, -0.05) is 0 Å². The second kappa shape index (κ2) is 10.5. The van der Waals surface area contributed by atoms with E-state index in [-0.39, 0.29) is 23.4 Å². The molecule has 11 heteroatoms. The maximum absolute atomic E-state index is 12.1. The summed E-state index contributed by atoms with van der Waals surface area (Å²) < 4.78 is 14.2. The van der Waals surface area contributed by atoms with Gasteiger partial charge in [0.05, 0.1) is 25.3 Å². The van der Waals surface area contributed by atoms with Gasteiger partial charge in [0.2, 0.25) is 5.95 Å². The first-order valence-electron chi connectivity index (χ1n) is 8.59. The van der Waals surface area contributed by atoms with Crippen LogP contribution in [0.15, 0.2) is 36.7 Å². The van der Waals surface area contributed by atoms with E-state index in [1.54, 1.807) is 13.1 Å². The topological polar surface area (TPSA) is 137 Å². The Kier molecular flexibility index (Phi) is 7.80. The molecule has 30 heavy (non-hydrogen) atoms. The molecule has 1 amide bonds. The van der Waals surface area contributed by atoms with E-state index in [0.29, 0.717) is 5.95 Å². The van der Waals surface area contributed by atoms with Crippen LogP contribution in [-0.2, 0) is 23.8 Å². The number of hydrogen-bond acceptors (Lipinski definition) is 10. The fourth-order valence-corrected chi connectivity index (χ4v) is 2.31. The molecule has 1 heterocycles. The van der Waals surface area contributed by atoms with E-state index in [9.17, 15) is 19.2 Å². The first kappa shape index (κ1) is 22.3. The summed E-state index contributed by atoms with van der Waals surface area (Å²) in [4.78, 5) is 57.0. The highest BCUT2D eigenvalue weighted by Crippen LogP contribution is 2.17. The largest absolute Gasteiger partial charge is 0.465 e. The molecule has 0 fully saturated rings. The van der Waals surface area contributed by atoms with Gasteiger partial charge >= 0.3 is 17.9 Å². The van der Waals surface area contributed by atoms with E-state index < -0.39 is 30.4 Å². The molecule has 0 spiro atoms. The second-order valence-corrected chi connectivity index (χ2v) is 5.90. The molecule has 0 aliphatic carbocycles. The van der Waals surface area contributed by atoms with Crippen LogP contribution < -0.4 is 10.2 Å². The molecule has 2 rings (SSSR count). The lowest BCUT2D eigenvalue weighted by Crippen LogP contribution is -2.30. The SMILES string of the molecule is COC(=O)c1cc(NC(=O)COC(=O)CN(C)c2ncccn2)cc(C(=O)OC)c1. The van der Waals surface area contributed by atoms with Crippen LogP contribution in [0.3, 0.4) is 0 Å². The summed E-state index contributed by atoms with van der Waals surface area (Å²) in [6, 6.07) is 5.55. The molecular formula is C19H20N4O7. The van der Waals surface area contributed by atoms with Crippen molar-refractivity contribution in [1.29, 1.82) is 0 Å². The quantitative estimate of drug-likeness (QED) is 0.483. The number of anilines is 2. The maximum Gasteiger partial charge on any atom is 0.337 e. The molecule has 1 N–H and O–H groups in total. The van der Waals surface area contributed by atoms with Crippen LogP contribution in [0.4, 0.5) is 11.6 Å². The fourth-order valence-electron chi connectivity index (χ4n) is 2.31. The van der Waals surface area contributed by atoms with Crippen LogP contribution in [-0.4, -0.2) is 68.2 Å². The summed E-state index contributed by atoms with van der Waals surface area (Å²) in [7, 11) is 3.97. The highest BCUT2D eigenvalue weighted by Gasteiger charge is 2.16. The minimum atomic E-state index is -0.700. The standard InChI is InChI=1S/C19H20N4O7/c1-23(19-20-5-4-6-21-19)10-16(25)30-11-15(24)22-14-8-12(17(26)28-2)7-13(9-14)18(27)29-3/h4-9H,10-11H2,1-3H3,(H,22,24). The number of aromatic nitrogens is 2. The summed E-state index contributed by atoms with van der Waals surface area (Å²) in [5.41, 5.74) is 0.212. The molecule has 158 valence electrons. The van der Waals surface area contributed by atoms with Crippen LogP contribution in [0.1, 0.15) is 20.7 Å². The summed E-state index contributed by atoms with van der Waals surface area (Å²) in [5.74, 6) is -2.41. The van der Waals surface area contributed by atoms with Crippen LogP contribution >= 0.6 is 0 Å². The summed E-state index contributed by atoms with van der Waals surface area (Å²) >= 11 is 0. The minimum Gasteiger partial charge on any atom is -0.465 e. The molecule has 0 aliphatic rings. The number of carbonyl (C=O) groups excluding carboxylic acids is 4. The number of carbonyl (C=O) groups is 4. The Labute approximate surface area is 172 Å². The number of likely N-dealkylation sites (N-methyl/N-ethyl adjacent to an activating group) is 1. The molecule has 1 aromatic carbocycles. The first-order valence-corrected chi connectivity index (χ1v) is 8.59. The number of rotatable bonds is 8. The molecule has 1 aromatic heterocycles. The zero-order valence-corrected chi connectivity index (χ0v) is 16.6. The van der Waals surface area contributed by atoms with Gasteiger partial charge in [-0.15, -0.1) is 0 Å². The van der Waals surface area contributed by atoms with E-state index in [0.717, 1.165) is 0 Å². The van der Waals surface area contributed by atoms with E-state index in [4.69, 9.17) is 4.74 Å². The Morgan fingerprint density at radius 1 is 0.967 bits per heavy atom. The number of ether oxygens (including phenoxy) is 3. The van der Waals surface area contributed by atoms with Crippen molar-refractivity contribution in [1.82, 2.24) is 9.97 Å². The number of hydrogen-bond donors (Lipinski definition) is 1. The van der Waals surface area contributed by atoms with Gasteiger partial charge in [0, 0.05) is 25.1 Å². The van der Waals surface area contributed by atoms with E-state index >= 15 is 0 Å². The predicted molar refractivity (Wildman–Crippen MR) is 104 cm³/mol. The molecule has 0 bridgehead atoms. The maximum atomic E-state index is 12.1. The van der Waals surface area contributed by atoms with Gasteiger partial charge in [-0.05, 0) is 24.3 Å². The lowest BCUT2D eigenvalue weighted by molar-refractivity contribution is -0.145. The third kappa shape index (κ3) is 6.26. The van der Waals surface area contributed by atoms with Gasteiger partial charge in [0.1, 0.15) is 6.54 Å². The van der Waals surface area contributed by atoms with E-state index in [1.165, 1.54) is 49.7 Å². The highest BCUT2D eigenvalue weighted by molar-refractivity contribution is 6.00. The predicted octanol–water partition coefficient (Wildman–Crippen LogP) is 0.668. The summed E-state index contributed by atoms with van der Waals surface area (Å²) in [6.07, 6.45) is 3.06. The van der Waals surface area contributed by atoms with Crippen molar-refractivity contribution in [2.75, 3.05) is 44.6 Å². The second-order valence-electron chi connectivity index (χ2n) is 5.90. The van der Waals surface area contributed by atoms with E-state index in [1.807, 2.05) is 0 Å². The molecule has 0 radical (unpaired) electrons. The van der Waals surface area contributed by atoms with Crippen LogP contribution in [0.5, 0.6) is 0 Å². The van der Waals surface area contributed by atoms with Gasteiger partial charge in [-0.2, -0.15) is 0 Å². The zero-order chi connectivity index (χ0) is 22.1. The van der Waals surface area contributed by atoms with Crippen molar-refractivity contribution >= 4 is 35.5 Å². The molecule has 2 aromatic rings. The molecule has 0 unspecified atom stereocenters. The number of methoxy groups -OCH3 is 2. The van der Waals surface area contributed by atoms with Crippen molar-refractivity contribution in [3.63, 3.8) is 0 Å². The average Bonchev–Trinajstić information content (AvgIpc) is 2.76. The van der Waals surface area contributed by atoms with Crippen molar-refractivity contribution in [3.8, 4) is 0 Å². The molecule has 0 aliphatic heterocycles. The van der Waals surface area contributed by atoms with Crippen LogP contribution in [0.25, 0.3) is 0 Å². The van der Waals surface area contributed by atoms with Crippen LogP contribution in [0, 0.1) is 0 Å². The number of esters is 3. The Morgan fingerprint density at radius 3 is 2.07 bits per heavy atom. The lowest BCUT2D eigenvalue weighted by Gasteiger charge is -2.15. The lowest BCUT2D eigenvalue weighted by atomic mass is 10.1. The Balaban J connectivity index is 1.97. The monoisotopic (exact) mass is 416 g/mol. The molecule has 0 atom stereocenters. The van der Waals surface area contributed by atoms with Gasteiger partial charge in [-0.25, -0.2) is 19.6 Å². The fraction of sp³-hybridized carbons (Fsp3) is 0.263.